The van der Waals surface area contributed by atoms with Crippen molar-refractivity contribution in [2.45, 2.75) is 12.8 Å². The third-order valence-electron chi connectivity index (χ3n) is 2.28. The molecule has 0 aliphatic carbocycles. The van der Waals surface area contributed by atoms with Crippen molar-refractivity contribution in [3.05, 3.63) is 27.2 Å². The summed E-state index contributed by atoms with van der Waals surface area (Å²) in [7, 11) is 0. The third-order valence-corrected chi connectivity index (χ3v) is 3.31. The van der Waals surface area contributed by atoms with Gasteiger partial charge in [0, 0.05) is 12.8 Å². The number of nitrogens with zero attached hydrogens (tertiary/aromatic N) is 1. The van der Waals surface area contributed by atoms with Crippen LogP contribution >= 0.6 is 34.8 Å². The summed E-state index contributed by atoms with van der Waals surface area (Å²) in [6, 6.07) is 2.84. The lowest BCUT2D eigenvalue weighted by Crippen LogP contribution is -2.28. The van der Waals surface area contributed by atoms with Gasteiger partial charge in [-0.05, 0) is 12.1 Å². The summed E-state index contributed by atoms with van der Waals surface area (Å²) in [6.45, 7) is 0. The molecule has 0 N–H and O–H groups in total. The van der Waals surface area contributed by atoms with E-state index in [2.05, 4.69) is 0 Å². The number of anilines is 1. The molecule has 0 atom stereocenters. The Morgan fingerprint density at radius 3 is 1.94 bits per heavy atom. The van der Waals surface area contributed by atoms with Crippen molar-refractivity contribution >= 4 is 52.3 Å². The molecule has 1 aromatic carbocycles. The second-order valence-corrected chi connectivity index (χ2v) is 4.56. The number of amides is 2. The molecule has 1 aromatic rings. The molecular weight excluding hydrogens is 272 g/mol. The molecule has 2 amide bonds. The Morgan fingerprint density at radius 2 is 1.38 bits per heavy atom. The number of carbonyl (C=O) groups excluding carboxylic acids is 2. The minimum atomic E-state index is -0.273. The highest BCUT2D eigenvalue weighted by Gasteiger charge is 2.32. The van der Waals surface area contributed by atoms with Crippen LogP contribution in [-0.4, -0.2) is 11.8 Å². The topological polar surface area (TPSA) is 37.4 Å². The van der Waals surface area contributed by atoms with E-state index in [1.54, 1.807) is 0 Å². The molecule has 1 heterocycles. The molecule has 3 nitrogen and oxygen atoms in total. The van der Waals surface area contributed by atoms with Crippen LogP contribution in [0.4, 0.5) is 5.69 Å². The van der Waals surface area contributed by atoms with Crippen LogP contribution in [0.5, 0.6) is 0 Å². The fourth-order valence-corrected chi connectivity index (χ4v) is 2.15. The third kappa shape index (κ3) is 1.90. The van der Waals surface area contributed by atoms with Gasteiger partial charge in [-0.3, -0.25) is 9.59 Å². The van der Waals surface area contributed by atoms with E-state index in [0.717, 1.165) is 4.90 Å². The van der Waals surface area contributed by atoms with E-state index >= 15 is 0 Å². The molecule has 0 saturated carbocycles. The Hall–Kier alpha value is -0.770. The molecule has 6 heteroatoms. The number of rotatable bonds is 1. The second-order valence-electron chi connectivity index (χ2n) is 3.34. The maximum atomic E-state index is 11.5. The van der Waals surface area contributed by atoms with Crippen molar-refractivity contribution in [2.24, 2.45) is 0 Å². The molecule has 1 aliphatic rings. The fourth-order valence-electron chi connectivity index (χ4n) is 1.53. The Balaban J connectivity index is 2.51. The molecule has 1 saturated heterocycles. The number of carbonyl (C=O) groups is 2. The normalized spacial score (nSPS) is 16.1. The minimum Gasteiger partial charge on any atom is -0.274 e. The standard InChI is InChI=1S/C10H6Cl3NO2/c11-5-3-7(13)8(4-6(5)12)14-9(15)1-2-10(14)16/h3-4H,1-2H2. The van der Waals surface area contributed by atoms with Gasteiger partial charge in [-0.15, -0.1) is 0 Å². The maximum absolute atomic E-state index is 11.5. The van der Waals surface area contributed by atoms with Gasteiger partial charge in [0.05, 0.1) is 20.8 Å². The van der Waals surface area contributed by atoms with E-state index in [4.69, 9.17) is 34.8 Å². The Morgan fingerprint density at radius 1 is 0.875 bits per heavy atom. The molecule has 0 aromatic heterocycles. The van der Waals surface area contributed by atoms with Crippen LogP contribution in [0.15, 0.2) is 12.1 Å². The molecule has 84 valence electrons. The summed E-state index contributed by atoms with van der Waals surface area (Å²) in [4.78, 5) is 24.1. The molecule has 0 spiro atoms. The summed E-state index contributed by atoms with van der Waals surface area (Å²) in [5, 5.41) is 0.779. The number of hydrogen-bond donors (Lipinski definition) is 0. The highest BCUT2D eigenvalue weighted by molar-refractivity contribution is 6.44. The zero-order chi connectivity index (χ0) is 11.9. The van der Waals surface area contributed by atoms with E-state index in [-0.39, 0.29) is 39.7 Å². The lowest BCUT2D eigenvalue weighted by atomic mass is 10.3. The van der Waals surface area contributed by atoms with E-state index < -0.39 is 0 Å². The SMILES string of the molecule is O=C1CCC(=O)N1c1cc(Cl)c(Cl)cc1Cl. The summed E-state index contributed by atoms with van der Waals surface area (Å²) in [5.74, 6) is -0.546. The monoisotopic (exact) mass is 277 g/mol. The smallest absolute Gasteiger partial charge is 0.234 e. The van der Waals surface area contributed by atoms with Gasteiger partial charge in [0.15, 0.2) is 0 Å². The molecule has 0 bridgehead atoms. The molecular formula is C10H6Cl3NO2. The highest BCUT2D eigenvalue weighted by Crippen LogP contribution is 2.36. The zero-order valence-electron chi connectivity index (χ0n) is 7.97. The Labute approximate surface area is 107 Å². The zero-order valence-corrected chi connectivity index (χ0v) is 10.2. The Kier molecular flexibility index (Phi) is 3.10. The largest absolute Gasteiger partial charge is 0.274 e. The number of imide groups is 1. The van der Waals surface area contributed by atoms with Crippen LogP contribution in [-0.2, 0) is 9.59 Å². The first-order chi connectivity index (χ1) is 7.50. The van der Waals surface area contributed by atoms with E-state index in [1.165, 1.54) is 12.1 Å². The Bertz CT molecular complexity index is 471. The first-order valence-corrected chi connectivity index (χ1v) is 5.64. The molecule has 1 fully saturated rings. The second kappa shape index (κ2) is 4.24. The van der Waals surface area contributed by atoms with Crippen LogP contribution in [0.25, 0.3) is 0 Å². The van der Waals surface area contributed by atoms with Gasteiger partial charge in [-0.25, -0.2) is 4.90 Å². The molecule has 0 radical (unpaired) electrons. The first-order valence-electron chi connectivity index (χ1n) is 4.51. The maximum Gasteiger partial charge on any atom is 0.234 e. The van der Waals surface area contributed by atoms with Gasteiger partial charge >= 0.3 is 0 Å². The fraction of sp³-hybridized carbons (Fsp3) is 0.200. The highest BCUT2D eigenvalue weighted by atomic mass is 35.5. The van der Waals surface area contributed by atoms with E-state index in [0.29, 0.717) is 5.69 Å². The quantitative estimate of drug-likeness (QED) is 0.584. The number of benzene rings is 1. The van der Waals surface area contributed by atoms with Crippen molar-refractivity contribution < 1.29 is 9.59 Å². The van der Waals surface area contributed by atoms with Crippen molar-refractivity contribution in [2.75, 3.05) is 4.90 Å². The average molecular weight is 279 g/mol. The van der Waals surface area contributed by atoms with Crippen LogP contribution in [0.2, 0.25) is 15.1 Å². The van der Waals surface area contributed by atoms with E-state index in [9.17, 15) is 9.59 Å². The van der Waals surface area contributed by atoms with Gasteiger partial charge in [0.25, 0.3) is 0 Å². The molecule has 1 aliphatic heterocycles. The predicted octanol–water partition coefficient (Wildman–Crippen LogP) is 3.30. The van der Waals surface area contributed by atoms with Gasteiger partial charge in [0.2, 0.25) is 11.8 Å². The summed E-state index contributed by atoms with van der Waals surface area (Å²) < 4.78 is 0. The van der Waals surface area contributed by atoms with Crippen molar-refractivity contribution in [1.82, 2.24) is 0 Å². The van der Waals surface area contributed by atoms with Crippen LogP contribution in [0, 0.1) is 0 Å². The first kappa shape index (κ1) is 11.7. The summed E-state index contributed by atoms with van der Waals surface area (Å²) in [6.07, 6.45) is 0.408. The lowest BCUT2D eigenvalue weighted by Gasteiger charge is -2.16. The van der Waals surface area contributed by atoms with Crippen LogP contribution < -0.4 is 4.90 Å². The lowest BCUT2D eigenvalue weighted by molar-refractivity contribution is -0.121. The van der Waals surface area contributed by atoms with Crippen molar-refractivity contribution in [3.8, 4) is 0 Å². The average Bonchev–Trinajstić information content (AvgIpc) is 2.53. The van der Waals surface area contributed by atoms with Crippen LogP contribution in [0.1, 0.15) is 12.8 Å². The summed E-state index contributed by atoms with van der Waals surface area (Å²) >= 11 is 17.5. The molecule has 0 unspecified atom stereocenters. The van der Waals surface area contributed by atoms with Gasteiger partial charge in [0.1, 0.15) is 0 Å². The number of hydrogen-bond acceptors (Lipinski definition) is 2. The van der Waals surface area contributed by atoms with E-state index in [1.807, 2.05) is 0 Å². The van der Waals surface area contributed by atoms with Crippen molar-refractivity contribution in [3.63, 3.8) is 0 Å². The molecule has 16 heavy (non-hydrogen) atoms. The summed E-state index contributed by atoms with van der Waals surface area (Å²) in [5.41, 5.74) is 0.295. The number of halogens is 3. The van der Waals surface area contributed by atoms with Crippen LogP contribution in [0.3, 0.4) is 0 Å². The predicted molar refractivity (Wildman–Crippen MR) is 63.2 cm³/mol. The minimum absolute atomic E-state index is 0.204. The van der Waals surface area contributed by atoms with Gasteiger partial charge in [-0.1, -0.05) is 34.8 Å². The molecule has 2 rings (SSSR count). The van der Waals surface area contributed by atoms with Gasteiger partial charge < -0.3 is 0 Å². The van der Waals surface area contributed by atoms with Crippen molar-refractivity contribution in [1.29, 1.82) is 0 Å². The van der Waals surface area contributed by atoms with Gasteiger partial charge in [-0.2, -0.15) is 0 Å².